The third-order valence-corrected chi connectivity index (χ3v) is 4.62. The lowest BCUT2D eigenvalue weighted by Crippen LogP contribution is -2.29. The van der Waals surface area contributed by atoms with Gasteiger partial charge in [0, 0.05) is 0 Å². The summed E-state index contributed by atoms with van der Waals surface area (Å²) in [6, 6.07) is 14.9. The molecule has 0 aliphatic carbocycles. The zero-order chi connectivity index (χ0) is 20.6. The smallest absolute Gasteiger partial charge is 0.449 e. The average Bonchev–Trinajstić information content (AvgIpc) is 3.32. The van der Waals surface area contributed by atoms with Crippen LogP contribution in [0.15, 0.2) is 65.3 Å². The molecule has 5 nitrogen and oxygen atoms in total. The number of nitrogens with one attached hydrogen (secondary N) is 2. The predicted octanol–water partition coefficient (Wildman–Crippen LogP) is 5.00. The van der Waals surface area contributed by atoms with Gasteiger partial charge >= 0.3 is 6.18 Å². The molecule has 1 unspecified atom stereocenters. The summed E-state index contributed by atoms with van der Waals surface area (Å²) in [5, 5.41) is 2.94. The Bertz CT molecular complexity index is 1160. The number of nitrogens with zero attached hydrogens (tertiary/aromatic N) is 1. The minimum absolute atomic E-state index is 0.199. The molecule has 4 aromatic rings. The van der Waals surface area contributed by atoms with Crippen molar-refractivity contribution >= 4 is 16.9 Å². The van der Waals surface area contributed by atoms with E-state index in [-0.39, 0.29) is 16.9 Å². The Morgan fingerprint density at radius 1 is 1.10 bits per heavy atom. The number of aromatic nitrogens is 2. The molecule has 0 saturated heterocycles. The van der Waals surface area contributed by atoms with E-state index in [9.17, 15) is 18.0 Å². The molecule has 0 fully saturated rings. The highest BCUT2D eigenvalue weighted by Gasteiger charge is 2.34. The number of carbonyl (C=O) groups is 1. The molecule has 4 rings (SSSR count). The number of carbonyl (C=O) groups excluding carboxylic acids is 1. The topological polar surface area (TPSA) is 70.9 Å². The Balaban J connectivity index is 1.75. The van der Waals surface area contributed by atoms with Gasteiger partial charge in [-0.3, -0.25) is 4.79 Å². The van der Waals surface area contributed by atoms with E-state index in [0.717, 1.165) is 5.56 Å². The first kappa shape index (κ1) is 18.8. The lowest BCUT2D eigenvalue weighted by atomic mass is 9.98. The van der Waals surface area contributed by atoms with Crippen LogP contribution in [-0.4, -0.2) is 15.9 Å². The van der Waals surface area contributed by atoms with E-state index in [1.54, 1.807) is 25.1 Å². The predicted molar refractivity (Wildman–Crippen MR) is 100 cm³/mol. The fourth-order valence-electron chi connectivity index (χ4n) is 3.18. The first-order chi connectivity index (χ1) is 13.8. The first-order valence-electron chi connectivity index (χ1n) is 8.79. The number of rotatable bonds is 4. The highest BCUT2D eigenvalue weighted by molar-refractivity contribution is 5.95. The Morgan fingerprint density at radius 3 is 2.52 bits per heavy atom. The molecule has 8 heteroatoms. The van der Waals surface area contributed by atoms with Crippen LogP contribution in [0.3, 0.4) is 0 Å². The molecule has 2 N–H and O–H groups in total. The highest BCUT2D eigenvalue weighted by Crippen LogP contribution is 2.30. The molecule has 29 heavy (non-hydrogen) atoms. The molecule has 1 atom stereocenters. The van der Waals surface area contributed by atoms with Gasteiger partial charge in [-0.2, -0.15) is 13.2 Å². The summed E-state index contributed by atoms with van der Waals surface area (Å²) < 4.78 is 44.1. The number of benzene rings is 2. The van der Waals surface area contributed by atoms with Gasteiger partial charge in [-0.15, -0.1) is 0 Å². The van der Waals surface area contributed by atoms with Gasteiger partial charge in [0.1, 0.15) is 5.76 Å². The summed E-state index contributed by atoms with van der Waals surface area (Å²) in [6.45, 7) is 1.68. The Morgan fingerprint density at radius 2 is 1.86 bits per heavy atom. The van der Waals surface area contributed by atoms with Crippen molar-refractivity contribution in [3.8, 4) is 0 Å². The van der Waals surface area contributed by atoms with Gasteiger partial charge in [-0.25, -0.2) is 4.98 Å². The molecule has 2 heterocycles. The van der Waals surface area contributed by atoms with Crippen LogP contribution in [-0.2, 0) is 6.18 Å². The maximum atomic E-state index is 13.0. The van der Waals surface area contributed by atoms with E-state index in [1.165, 1.54) is 12.3 Å². The van der Waals surface area contributed by atoms with Crippen LogP contribution < -0.4 is 5.32 Å². The number of hydrogen-bond donors (Lipinski definition) is 2. The third-order valence-electron chi connectivity index (χ3n) is 4.62. The van der Waals surface area contributed by atoms with Crippen LogP contribution >= 0.6 is 0 Å². The van der Waals surface area contributed by atoms with E-state index in [1.807, 2.05) is 30.3 Å². The lowest BCUT2D eigenvalue weighted by Gasteiger charge is -2.20. The van der Waals surface area contributed by atoms with Gasteiger partial charge in [-0.05, 0) is 36.2 Å². The molecular weight excluding hydrogens is 383 g/mol. The summed E-state index contributed by atoms with van der Waals surface area (Å²) >= 11 is 0. The molecule has 2 aromatic carbocycles. The van der Waals surface area contributed by atoms with E-state index < -0.39 is 18.0 Å². The van der Waals surface area contributed by atoms with Crippen LogP contribution in [0.1, 0.15) is 39.1 Å². The Kier molecular flexibility index (Phi) is 4.62. The number of H-pyrrole nitrogens is 1. The van der Waals surface area contributed by atoms with Crippen molar-refractivity contribution in [2.45, 2.75) is 19.1 Å². The van der Waals surface area contributed by atoms with E-state index in [0.29, 0.717) is 16.9 Å². The van der Waals surface area contributed by atoms with Crippen molar-refractivity contribution in [1.82, 2.24) is 15.3 Å². The molecule has 0 bridgehead atoms. The molecule has 0 aliphatic rings. The fraction of sp³-hybridized carbons (Fsp3) is 0.143. The number of amides is 1. The van der Waals surface area contributed by atoms with Crippen LogP contribution in [0.2, 0.25) is 0 Å². The second-order valence-corrected chi connectivity index (χ2v) is 6.57. The van der Waals surface area contributed by atoms with Crippen LogP contribution in [0.4, 0.5) is 13.2 Å². The molecule has 148 valence electrons. The summed E-state index contributed by atoms with van der Waals surface area (Å²) in [5.41, 5.74) is 2.25. The first-order valence-corrected chi connectivity index (χ1v) is 8.79. The molecule has 0 saturated carbocycles. The Labute approximate surface area is 163 Å². The van der Waals surface area contributed by atoms with Gasteiger partial charge < -0.3 is 14.7 Å². The highest BCUT2D eigenvalue weighted by atomic mass is 19.4. The summed E-state index contributed by atoms with van der Waals surface area (Å²) in [4.78, 5) is 18.6. The molecule has 0 radical (unpaired) electrons. The van der Waals surface area contributed by atoms with Crippen molar-refractivity contribution < 1.29 is 22.4 Å². The van der Waals surface area contributed by atoms with Crippen LogP contribution in [0, 0.1) is 6.92 Å². The third kappa shape index (κ3) is 3.73. The van der Waals surface area contributed by atoms with Gasteiger partial charge in [0.25, 0.3) is 5.91 Å². The molecule has 0 spiro atoms. The molecule has 1 amide bonds. The molecule has 0 aliphatic heterocycles. The largest absolute Gasteiger partial charge is 0.469 e. The van der Waals surface area contributed by atoms with E-state index in [4.69, 9.17) is 4.42 Å². The number of imidazole rings is 1. The number of hydrogen-bond acceptors (Lipinski definition) is 3. The number of aryl methyl sites for hydroxylation is 1. The average molecular weight is 399 g/mol. The quantitative estimate of drug-likeness (QED) is 0.507. The number of halogens is 3. The van der Waals surface area contributed by atoms with Gasteiger partial charge in [0.15, 0.2) is 0 Å². The van der Waals surface area contributed by atoms with Crippen LogP contribution in [0.25, 0.3) is 11.0 Å². The normalized spacial score (nSPS) is 12.8. The summed E-state index contributed by atoms with van der Waals surface area (Å²) in [6.07, 6.45) is -3.14. The van der Waals surface area contributed by atoms with Crippen molar-refractivity contribution in [3.05, 3.63) is 89.1 Å². The van der Waals surface area contributed by atoms with Crippen molar-refractivity contribution in [3.63, 3.8) is 0 Å². The number of fused-ring (bicyclic) bond motifs is 1. The second-order valence-electron chi connectivity index (χ2n) is 6.57. The van der Waals surface area contributed by atoms with E-state index >= 15 is 0 Å². The maximum Gasteiger partial charge on any atom is 0.449 e. The van der Waals surface area contributed by atoms with Crippen molar-refractivity contribution in [2.24, 2.45) is 0 Å². The standard InChI is InChI=1S/C21H16F3N3O2/c1-12-15(9-10-29-12)19(28)27-18(13-5-3-2-4-6-13)14-7-8-16-17(11-14)26-20(25-16)21(22,23)24/h2-11,18H,1H3,(H,25,26)(H,27,28). The molecular formula is C21H16F3N3O2. The zero-order valence-corrected chi connectivity index (χ0v) is 15.2. The number of alkyl halides is 3. The van der Waals surface area contributed by atoms with E-state index in [2.05, 4.69) is 15.3 Å². The molecule has 2 aromatic heterocycles. The Hall–Kier alpha value is -3.55. The van der Waals surface area contributed by atoms with Crippen molar-refractivity contribution in [2.75, 3.05) is 0 Å². The summed E-state index contributed by atoms with van der Waals surface area (Å²) in [5.74, 6) is -0.919. The van der Waals surface area contributed by atoms with Crippen LogP contribution in [0.5, 0.6) is 0 Å². The van der Waals surface area contributed by atoms with Crippen molar-refractivity contribution in [1.29, 1.82) is 0 Å². The maximum absolute atomic E-state index is 13.0. The fourth-order valence-corrected chi connectivity index (χ4v) is 3.18. The van der Waals surface area contributed by atoms with Gasteiger partial charge in [0.05, 0.1) is 28.9 Å². The van der Waals surface area contributed by atoms with Gasteiger partial charge in [0.2, 0.25) is 5.82 Å². The van der Waals surface area contributed by atoms with Gasteiger partial charge in [-0.1, -0.05) is 36.4 Å². The second kappa shape index (κ2) is 7.12. The minimum atomic E-state index is -4.56. The number of furan rings is 1. The SMILES string of the molecule is Cc1occc1C(=O)NC(c1ccccc1)c1ccc2nc(C(F)(F)F)[nH]c2c1. The lowest BCUT2D eigenvalue weighted by molar-refractivity contribution is -0.144. The zero-order valence-electron chi connectivity index (χ0n) is 15.2. The monoisotopic (exact) mass is 399 g/mol. The summed E-state index contributed by atoms with van der Waals surface area (Å²) in [7, 11) is 0. The number of aromatic amines is 1. The minimum Gasteiger partial charge on any atom is -0.469 e.